The van der Waals surface area contributed by atoms with Crippen molar-refractivity contribution in [1.29, 1.82) is 0 Å². The minimum absolute atomic E-state index is 0.213. The van der Waals surface area contributed by atoms with Crippen molar-refractivity contribution < 1.29 is 18.0 Å². The first-order valence-corrected chi connectivity index (χ1v) is 5.74. The number of carbonyl (C=O) groups is 1. The van der Waals surface area contributed by atoms with Crippen LogP contribution in [0.4, 0.5) is 13.2 Å². The van der Waals surface area contributed by atoms with Gasteiger partial charge in [-0.3, -0.25) is 9.59 Å². The van der Waals surface area contributed by atoms with E-state index in [9.17, 15) is 22.8 Å². The van der Waals surface area contributed by atoms with Gasteiger partial charge in [-0.1, -0.05) is 0 Å². The summed E-state index contributed by atoms with van der Waals surface area (Å²) in [6.45, 7) is 6.55. The molecular formula is C12H10F3N3O2. The number of rotatable bonds is 1. The van der Waals surface area contributed by atoms with Gasteiger partial charge in [0, 0.05) is 18.8 Å². The zero-order valence-corrected chi connectivity index (χ0v) is 10.1. The first-order chi connectivity index (χ1) is 9.32. The fourth-order valence-corrected chi connectivity index (χ4v) is 2.28. The molecule has 2 heterocycles. The van der Waals surface area contributed by atoms with Crippen LogP contribution in [0.3, 0.4) is 0 Å². The van der Waals surface area contributed by atoms with Crippen molar-refractivity contribution in [2.75, 3.05) is 13.1 Å². The normalized spacial score (nSPS) is 22.6. The van der Waals surface area contributed by atoms with E-state index < -0.39 is 29.6 Å². The Hall–Kier alpha value is -2.30. The standard InChI is InChI=1S/C12H10F3N3O2/c1-16-9-6-18(11(20)12(13,14)15)5-8(9)7-2-3-17-10(19)4-7/h2-4,8-9H,5-6H2,(H,17,19)/t8-,9+/m1/s1. The zero-order chi connectivity index (χ0) is 14.9. The van der Waals surface area contributed by atoms with Crippen molar-refractivity contribution in [1.82, 2.24) is 9.88 Å². The molecule has 0 radical (unpaired) electrons. The molecule has 1 aromatic rings. The van der Waals surface area contributed by atoms with Crippen LogP contribution in [0, 0.1) is 6.57 Å². The molecule has 1 amide bonds. The lowest BCUT2D eigenvalue weighted by molar-refractivity contribution is -0.184. The zero-order valence-electron chi connectivity index (χ0n) is 10.1. The molecule has 1 aromatic heterocycles. The molecule has 0 spiro atoms. The molecule has 0 aromatic carbocycles. The summed E-state index contributed by atoms with van der Waals surface area (Å²) < 4.78 is 37.2. The molecule has 0 aliphatic carbocycles. The van der Waals surface area contributed by atoms with Crippen molar-refractivity contribution >= 4 is 5.91 Å². The van der Waals surface area contributed by atoms with Crippen molar-refractivity contribution in [3.05, 3.63) is 45.7 Å². The van der Waals surface area contributed by atoms with Gasteiger partial charge in [-0.2, -0.15) is 13.2 Å². The van der Waals surface area contributed by atoms with Crippen LogP contribution >= 0.6 is 0 Å². The summed E-state index contributed by atoms with van der Waals surface area (Å²) >= 11 is 0. The van der Waals surface area contributed by atoms with Crippen LogP contribution in [0.5, 0.6) is 0 Å². The van der Waals surface area contributed by atoms with Crippen LogP contribution in [0.2, 0.25) is 0 Å². The topological polar surface area (TPSA) is 57.5 Å². The van der Waals surface area contributed by atoms with Gasteiger partial charge in [-0.25, -0.2) is 6.57 Å². The van der Waals surface area contributed by atoms with E-state index in [2.05, 4.69) is 9.83 Å². The molecule has 2 rings (SSSR count). The molecule has 0 unspecified atom stereocenters. The van der Waals surface area contributed by atoms with Gasteiger partial charge < -0.3 is 14.7 Å². The molecule has 1 saturated heterocycles. The molecule has 20 heavy (non-hydrogen) atoms. The number of aromatic nitrogens is 1. The second-order valence-corrected chi connectivity index (χ2v) is 4.50. The van der Waals surface area contributed by atoms with Gasteiger partial charge in [0.25, 0.3) is 0 Å². The Labute approximate surface area is 111 Å². The van der Waals surface area contributed by atoms with E-state index in [-0.39, 0.29) is 13.1 Å². The van der Waals surface area contributed by atoms with E-state index in [0.29, 0.717) is 10.5 Å². The lowest BCUT2D eigenvalue weighted by Crippen LogP contribution is -2.39. The lowest BCUT2D eigenvalue weighted by atomic mass is 9.96. The highest BCUT2D eigenvalue weighted by molar-refractivity contribution is 5.82. The molecule has 106 valence electrons. The highest BCUT2D eigenvalue weighted by Crippen LogP contribution is 2.31. The lowest BCUT2D eigenvalue weighted by Gasteiger charge is -2.16. The fourth-order valence-electron chi connectivity index (χ4n) is 2.28. The molecule has 2 atom stereocenters. The van der Waals surface area contributed by atoms with E-state index in [0.717, 1.165) is 0 Å². The number of H-pyrrole nitrogens is 1. The highest BCUT2D eigenvalue weighted by atomic mass is 19.4. The van der Waals surface area contributed by atoms with Gasteiger partial charge in [0.2, 0.25) is 11.6 Å². The Morgan fingerprint density at radius 1 is 1.45 bits per heavy atom. The number of nitrogens with one attached hydrogen (secondary N) is 1. The van der Waals surface area contributed by atoms with Crippen LogP contribution in [0.1, 0.15) is 11.5 Å². The van der Waals surface area contributed by atoms with E-state index >= 15 is 0 Å². The van der Waals surface area contributed by atoms with Crippen molar-refractivity contribution in [2.45, 2.75) is 18.1 Å². The Bertz CT molecular complexity index is 617. The number of carbonyl (C=O) groups excluding carboxylic acids is 1. The summed E-state index contributed by atoms with van der Waals surface area (Å²) in [5.74, 6) is -2.53. The summed E-state index contributed by atoms with van der Waals surface area (Å²) in [4.78, 5) is 28.7. The number of nitrogens with zero attached hydrogens (tertiary/aromatic N) is 2. The van der Waals surface area contributed by atoms with Crippen molar-refractivity contribution in [2.24, 2.45) is 0 Å². The summed E-state index contributed by atoms with van der Waals surface area (Å²) in [6.07, 6.45) is -3.58. The average molecular weight is 285 g/mol. The number of amides is 1. The second kappa shape index (κ2) is 5.00. The molecule has 1 aliphatic heterocycles. The summed E-state index contributed by atoms with van der Waals surface area (Å²) in [5.41, 5.74) is 0.0686. The maximum atomic E-state index is 12.4. The minimum Gasteiger partial charge on any atom is -0.329 e. The van der Waals surface area contributed by atoms with Crippen LogP contribution in [-0.2, 0) is 4.79 Å². The van der Waals surface area contributed by atoms with Gasteiger partial charge >= 0.3 is 12.1 Å². The Morgan fingerprint density at radius 3 is 2.70 bits per heavy atom. The number of likely N-dealkylation sites (tertiary alicyclic amines) is 1. The summed E-state index contributed by atoms with van der Waals surface area (Å²) in [5, 5.41) is 0. The highest BCUT2D eigenvalue weighted by Gasteiger charge is 2.49. The molecule has 0 bridgehead atoms. The molecule has 0 saturated carbocycles. The number of aromatic amines is 1. The van der Waals surface area contributed by atoms with Crippen LogP contribution in [0.15, 0.2) is 23.1 Å². The molecule has 1 N–H and O–H groups in total. The van der Waals surface area contributed by atoms with Gasteiger partial charge in [-0.15, -0.1) is 0 Å². The van der Waals surface area contributed by atoms with E-state index in [4.69, 9.17) is 6.57 Å². The van der Waals surface area contributed by atoms with Gasteiger partial charge in [0.05, 0.1) is 12.5 Å². The molecule has 5 nitrogen and oxygen atoms in total. The minimum atomic E-state index is -4.95. The van der Waals surface area contributed by atoms with Crippen molar-refractivity contribution in [3.8, 4) is 0 Å². The predicted octanol–water partition coefficient (Wildman–Crippen LogP) is 1.15. The van der Waals surface area contributed by atoms with Crippen LogP contribution < -0.4 is 5.56 Å². The summed E-state index contributed by atoms with van der Waals surface area (Å²) in [7, 11) is 0. The number of hydrogen-bond donors (Lipinski definition) is 1. The molecular weight excluding hydrogens is 275 g/mol. The van der Waals surface area contributed by atoms with E-state index in [1.165, 1.54) is 18.3 Å². The fraction of sp³-hybridized carbons (Fsp3) is 0.417. The Morgan fingerprint density at radius 2 is 2.15 bits per heavy atom. The van der Waals surface area contributed by atoms with E-state index in [1.54, 1.807) is 0 Å². The number of halogens is 3. The second-order valence-electron chi connectivity index (χ2n) is 4.50. The Kier molecular flexibility index (Phi) is 3.53. The molecule has 8 heteroatoms. The van der Waals surface area contributed by atoms with Gasteiger partial charge in [0.15, 0.2) is 0 Å². The maximum absolute atomic E-state index is 12.4. The first kappa shape index (κ1) is 14.1. The number of alkyl halides is 3. The number of hydrogen-bond acceptors (Lipinski definition) is 2. The maximum Gasteiger partial charge on any atom is 0.471 e. The van der Waals surface area contributed by atoms with Crippen LogP contribution in [-0.4, -0.2) is 41.1 Å². The average Bonchev–Trinajstić information content (AvgIpc) is 2.80. The van der Waals surface area contributed by atoms with Gasteiger partial charge in [0.1, 0.15) is 0 Å². The Balaban J connectivity index is 2.26. The monoisotopic (exact) mass is 285 g/mol. The third-order valence-electron chi connectivity index (χ3n) is 3.21. The quantitative estimate of drug-likeness (QED) is 0.787. The first-order valence-electron chi connectivity index (χ1n) is 5.74. The third kappa shape index (κ3) is 2.66. The smallest absolute Gasteiger partial charge is 0.329 e. The van der Waals surface area contributed by atoms with E-state index in [1.807, 2.05) is 0 Å². The van der Waals surface area contributed by atoms with Gasteiger partial charge in [-0.05, 0) is 11.6 Å². The van der Waals surface area contributed by atoms with Crippen LogP contribution in [0.25, 0.3) is 4.85 Å². The largest absolute Gasteiger partial charge is 0.471 e. The molecule has 1 fully saturated rings. The third-order valence-corrected chi connectivity index (χ3v) is 3.21. The SMILES string of the molecule is [C-]#[N+][C@H]1CN(C(=O)C(F)(F)F)C[C@@H]1c1cc[nH]c(=O)c1. The number of pyridine rings is 1. The summed E-state index contributed by atoms with van der Waals surface area (Å²) in [6, 6.07) is 2.00. The molecule has 1 aliphatic rings. The van der Waals surface area contributed by atoms with Crippen molar-refractivity contribution in [3.63, 3.8) is 0 Å². The predicted molar refractivity (Wildman–Crippen MR) is 62.8 cm³/mol.